The van der Waals surface area contributed by atoms with Crippen LogP contribution in [0.15, 0.2) is 35.1 Å². The van der Waals surface area contributed by atoms with Crippen LogP contribution < -0.4 is 0 Å². The molecule has 0 unspecified atom stereocenters. The monoisotopic (exact) mass is 224 g/mol. The summed E-state index contributed by atoms with van der Waals surface area (Å²) in [6.07, 6.45) is 0. The number of hydrogen-bond donors (Lipinski definition) is 0. The Kier molecular flexibility index (Phi) is 1.87. The smallest absolute Gasteiger partial charge is 0.130 e. The summed E-state index contributed by atoms with van der Waals surface area (Å²) in [5.41, 5.74) is 0.899. The molecule has 0 N–H and O–H groups in total. The number of halogens is 1. The SMILES string of the molecule is Brc1nnn(-c2ccccc2)n1. The molecule has 2 aromatic rings. The van der Waals surface area contributed by atoms with Crippen molar-refractivity contribution in [1.82, 2.24) is 20.2 Å². The van der Waals surface area contributed by atoms with Crippen molar-refractivity contribution in [2.24, 2.45) is 0 Å². The summed E-state index contributed by atoms with van der Waals surface area (Å²) in [7, 11) is 0. The van der Waals surface area contributed by atoms with Gasteiger partial charge < -0.3 is 0 Å². The lowest BCUT2D eigenvalue weighted by Crippen LogP contribution is -1.97. The Morgan fingerprint density at radius 1 is 1.17 bits per heavy atom. The molecule has 1 heterocycles. The highest BCUT2D eigenvalue weighted by molar-refractivity contribution is 9.10. The predicted octanol–water partition coefficient (Wildman–Crippen LogP) is 1.42. The number of hydrogen-bond acceptors (Lipinski definition) is 3. The molecule has 0 aliphatic heterocycles. The van der Waals surface area contributed by atoms with Gasteiger partial charge in [-0.05, 0) is 33.3 Å². The van der Waals surface area contributed by atoms with Crippen LogP contribution in [0.2, 0.25) is 0 Å². The van der Waals surface area contributed by atoms with Gasteiger partial charge in [-0.3, -0.25) is 0 Å². The molecule has 1 aromatic carbocycles. The summed E-state index contributed by atoms with van der Waals surface area (Å²) in [5, 5.41) is 11.5. The van der Waals surface area contributed by atoms with Crippen molar-refractivity contribution in [3.63, 3.8) is 0 Å². The van der Waals surface area contributed by atoms with Crippen LogP contribution in [0.25, 0.3) is 5.69 Å². The molecule has 0 spiro atoms. The Balaban J connectivity index is 2.45. The summed E-state index contributed by atoms with van der Waals surface area (Å²) in [5.74, 6) is 0. The number of rotatable bonds is 1. The minimum absolute atomic E-state index is 0.492. The van der Waals surface area contributed by atoms with Gasteiger partial charge in [0.15, 0.2) is 0 Å². The minimum atomic E-state index is 0.492. The lowest BCUT2D eigenvalue weighted by molar-refractivity contribution is 0.719. The van der Waals surface area contributed by atoms with E-state index in [4.69, 9.17) is 0 Å². The fourth-order valence-electron chi connectivity index (χ4n) is 0.868. The third kappa shape index (κ3) is 1.35. The second-order valence-corrected chi connectivity index (χ2v) is 2.89. The fraction of sp³-hybridized carbons (Fsp3) is 0. The molecular formula is C7H5BrN4. The first-order chi connectivity index (χ1) is 5.86. The molecule has 0 atom stereocenters. The Labute approximate surface area is 77.3 Å². The van der Waals surface area contributed by atoms with Crippen LogP contribution in [0.3, 0.4) is 0 Å². The number of tetrazole rings is 1. The van der Waals surface area contributed by atoms with E-state index < -0.39 is 0 Å². The van der Waals surface area contributed by atoms with Crippen molar-refractivity contribution in [3.8, 4) is 5.69 Å². The van der Waals surface area contributed by atoms with Crippen molar-refractivity contribution in [2.75, 3.05) is 0 Å². The fourth-order valence-corrected chi connectivity index (χ4v) is 1.09. The van der Waals surface area contributed by atoms with E-state index in [1.165, 1.54) is 4.80 Å². The van der Waals surface area contributed by atoms with Crippen LogP contribution in [0.5, 0.6) is 0 Å². The summed E-state index contributed by atoms with van der Waals surface area (Å²) in [4.78, 5) is 1.46. The Hall–Kier alpha value is -1.23. The third-order valence-electron chi connectivity index (χ3n) is 1.38. The van der Waals surface area contributed by atoms with Crippen LogP contribution >= 0.6 is 15.9 Å². The van der Waals surface area contributed by atoms with E-state index in [-0.39, 0.29) is 0 Å². The van der Waals surface area contributed by atoms with E-state index in [0.717, 1.165) is 5.69 Å². The lowest BCUT2D eigenvalue weighted by atomic mass is 10.3. The zero-order valence-corrected chi connectivity index (χ0v) is 7.64. The first-order valence-electron chi connectivity index (χ1n) is 3.37. The number of para-hydroxylation sites is 1. The second kappa shape index (κ2) is 3.02. The Morgan fingerprint density at radius 3 is 2.50 bits per heavy atom. The van der Waals surface area contributed by atoms with Crippen LogP contribution in [0, 0.1) is 0 Å². The molecule has 1 aromatic heterocycles. The average Bonchev–Trinajstić information content (AvgIpc) is 2.54. The maximum Gasteiger partial charge on any atom is 0.240 e. The van der Waals surface area contributed by atoms with Crippen molar-refractivity contribution in [1.29, 1.82) is 0 Å². The van der Waals surface area contributed by atoms with Crippen LogP contribution in [0.4, 0.5) is 0 Å². The Morgan fingerprint density at radius 2 is 1.92 bits per heavy atom. The number of benzene rings is 1. The summed E-state index contributed by atoms with van der Waals surface area (Å²) in [6.45, 7) is 0. The summed E-state index contributed by atoms with van der Waals surface area (Å²) in [6, 6.07) is 9.61. The van der Waals surface area contributed by atoms with Crippen LogP contribution in [-0.2, 0) is 0 Å². The molecule has 12 heavy (non-hydrogen) atoms. The molecule has 0 aliphatic rings. The highest BCUT2D eigenvalue weighted by Gasteiger charge is 1.99. The Bertz CT molecular complexity index is 370. The highest BCUT2D eigenvalue weighted by atomic mass is 79.9. The van der Waals surface area contributed by atoms with Crippen molar-refractivity contribution in [2.45, 2.75) is 0 Å². The van der Waals surface area contributed by atoms with Crippen molar-refractivity contribution < 1.29 is 0 Å². The predicted molar refractivity (Wildman–Crippen MR) is 46.9 cm³/mol. The zero-order valence-electron chi connectivity index (χ0n) is 6.05. The molecule has 0 fully saturated rings. The molecule has 0 radical (unpaired) electrons. The molecule has 0 amide bonds. The first kappa shape index (κ1) is 7.42. The summed E-state index contributed by atoms with van der Waals surface area (Å²) < 4.78 is 0.492. The van der Waals surface area contributed by atoms with Gasteiger partial charge in [-0.2, -0.15) is 0 Å². The maximum atomic E-state index is 3.99. The van der Waals surface area contributed by atoms with Gasteiger partial charge in [0.2, 0.25) is 4.73 Å². The molecule has 60 valence electrons. The normalized spacial score (nSPS) is 10.1. The van der Waals surface area contributed by atoms with Crippen molar-refractivity contribution >= 4 is 15.9 Å². The van der Waals surface area contributed by atoms with E-state index in [2.05, 4.69) is 31.3 Å². The highest BCUT2D eigenvalue weighted by Crippen LogP contribution is 2.04. The van der Waals surface area contributed by atoms with Gasteiger partial charge in [0.1, 0.15) is 0 Å². The number of aromatic nitrogens is 4. The first-order valence-corrected chi connectivity index (χ1v) is 4.16. The minimum Gasteiger partial charge on any atom is -0.130 e. The van der Waals surface area contributed by atoms with Gasteiger partial charge in [-0.25, -0.2) is 0 Å². The number of nitrogens with zero attached hydrogens (tertiary/aromatic N) is 4. The van der Waals surface area contributed by atoms with E-state index in [1.54, 1.807) is 0 Å². The van der Waals surface area contributed by atoms with E-state index in [9.17, 15) is 0 Å². The standard InChI is InChI=1S/C7H5BrN4/c8-7-9-11-12(10-7)6-4-2-1-3-5-6/h1-5H. The molecule has 0 saturated heterocycles. The van der Waals surface area contributed by atoms with Crippen molar-refractivity contribution in [3.05, 3.63) is 35.1 Å². The van der Waals surface area contributed by atoms with Crippen LogP contribution in [-0.4, -0.2) is 20.2 Å². The topological polar surface area (TPSA) is 43.6 Å². The van der Waals surface area contributed by atoms with Gasteiger partial charge in [0.05, 0.1) is 5.69 Å². The molecule has 5 heteroatoms. The van der Waals surface area contributed by atoms with Gasteiger partial charge in [0, 0.05) is 0 Å². The second-order valence-electron chi connectivity index (χ2n) is 2.18. The van der Waals surface area contributed by atoms with Crippen LogP contribution in [0.1, 0.15) is 0 Å². The molecule has 0 saturated carbocycles. The van der Waals surface area contributed by atoms with E-state index in [0.29, 0.717) is 4.73 Å². The largest absolute Gasteiger partial charge is 0.240 e. The molecule has 0 aliphatic carbocycles. The van der Waals surface area contributed by atoms with Gasteiger partial charge in [0.25, 0.3) is 0 Å². The molecule has 0 bridgehead atoms. The third-order valence-corrected chi connectivity index (χ3v) is 1.69. The van der Waals surface area contributed by atoms with E-state index >= 15 is 0 Å². The lowest BCUT2D eigenvalue weighted by Gasteiger charge is -1.94. The van der Waals surface area contributed by atoms with Gasteiger partial charge in [-0.15, -0.1) is 15.0 Å². The molecule has 4 nitrogen and oxygen atoms in total. The molecular weight excluding hydrogens is 220 g/mol. The molecule has 2 rings (SSSR count). The zero-order chi connectivity index (χ0) is 8.39. The summed E-state index contributed by atoms with van der Waals surface area (Å²) >= 11 is 3.12. The quantitative estimate of drug-likeness (QED) is 0.737. The van der Waals surface area contributed by atoms with Gasteiger partial charge >= 0.3 is 0 Å². The van der Waals surface area contributed by atoms with E-state index in [1.807, 2.05) is 30.3 Å². The maximum absolute atomic E-state index is 3.99. The van der Waals surface area contributed by atoms with Gasteiger partial charge in [-0.1, -0.05) is 18.2 Å². The average molecular weight is 225 g/mol.